The second kappa shape index (κ2) is 9.65. The summed E-state index contributed by atoms with van der Waals surface area (Å²) >= 11 is 0. The Morgan fingerprint density at radius 3 is 2.29 bits per heavy atom. The van der Waals surface area contributed by atoms with Gasteiger partial charge in [0, 0.05) is 43.2 Å². The highest BCUT2D eigenvalue weighted by molar-refractivity contribution is 5.77. The van der Waals surface area contributed by atoms with Gasteiger partial charge in [-0.15, -0.1) is 0 Å². The van der Waals surface area contributed by atoms with Crippen LogP contribution in [0.25, 0.3) is 11.0 Å². The zero-order valence-electron chi connectivity index (χ0n) is 22.7. The van der Waals surface area contributed by atoms with E-state index >= 15 is 0 Å². The molecule has 3 aliphatic heterocycles. The average molecular weight is 519 g/mol. The van der Waals surface area contributed by atoms with Crippen molar-refractivity contribution in [2.75, 3.05) is 18.0 Å². The predicted molar refractivity (Wildman–Crippen MR) is 149 cm³/mol. The Kier molecular flexibility index (Phi) is 6.25. The Hall–Kier alpha value is -2.41. The molecule has 2 aromatic rings. The van der Waals surface area contributed by atoms with Crippen LogP contribution in [0.4, 0.5) is 5.82 Å². The summed E-state index contributed by atoms with van der Waals surface area (Å²) in [6.07, 6.45) is 13.1. The molecule has 38 heavy (non-hydrogen) atoms. The standard InChI is InChI=1S/C31H42N4O3/c1-19-9-20-11-21(10-19)13-25(12-20)34-23-5-4-6-24(34)16-26(15-23)35-28-8-3-2-7-27(28)32-30(31(35)38)33-17-22(18-33)14-29(36)37/h2-3,7-8,19-26H,4-6,9-18H2,1H3,(H,36,37)/t19?,20-,21+,23-,24+,25?,26?. The van der Waals surface area contributed by atoms with Crippen LogP contribution in [-0.2, 0) is 4.79 Å². The van der Waals surface area contributed by atoms with Crippen LogP contribution in [0.1, 0.15) is 83.6 Å². The quantitative estimate of drug-likeness (QED) is 0.595. The first kappa shape index (κ1) is 24.6. The molecule has 2 saturated carbocycles. The number of anilines is 1. The third-order valence-electron chi connectivity index (χ3n) is 10.6. The number of hydrogen-bond acceptors (Lipinski definition) is 5. The van der Waals surface area contributed by atoms with Crippen LogP contribution in [-0.4, -0.2) is 56.7 Å². The van der Waals surface area contributed by atoms with E-state index < -0.39 is 5.97 Å². The highest BCUT2D eigenvalue weighted by Crippen LogP contribution is 2.48. The monoisotopic (exact) mass is 518 g/mol. The molecular weight excluding hydrogens is 476 g/mol. The summed E-state index contributed by atoms with van der Waals surface area (Å²) in [5, 5.41) is 9.16. The Morgan fingerprint density at radius 2 is 1.61 bits per heavy atom. The Labute approximate surface area is 225 Å². The van der Waals surface area contributed by atoms with Crippen LogP contribution in [0.3, 0.4) is 0 Å². The van der Waals surface area contributed by atoms with Crippen molar-refractivity contribution in [3.8, 4) is 0 Å². The smallest absolute Gasteiger partial charge is 0.303 e. The van der Waals surface area contributed by atoms with E-state index in [0.717, 1.165) is 47.7 Å². The number of nitrogens with zero attached hydrogens (tertiary/aromatic N) is 4. The number of piperidine rings is 2. The second-order valence-corrected chi connectivity index (χ2v) is 13.4. The summed E-state index contributed by atoms with van der Waals surface area (Å²) in [4.78, 5) is 34.9. The Balaban J connectivity index is 1.17. The molecule has 1 aromatic heterocycles. The molecule has 5 aliphatic rings. The fourth-order valence-electron chi connectivity index (χ4n) is 9.42. The van der Waals surface area contributed by atoms with E-state index in [1.54, 1.807) is 0 Å². The van der Waals surface area contributed by atoms with E-state index in [0.29, 0.717) is 31.0 Å². The number of hydrogen-bond donors (Lipinski definition) is 1. The summed E-state index contributed by atoms with van der Waals surface area (Å²) in [5.41, 5.74) is 1.82. The molecule has 7 nitrogen and oxygen atoms in total. The molecule has 0 spiro atoms. The molecule has 7 heteroatoms. The van der Waals surface area contributed by atoms with Crippen molar-refractivity contribution in [2.24, 2.45) is 23.7 Å². The second-order valence-electron chi connectivity index (χ2n) is 13.4. The van der Waals surface area contributed by atoms with Gasteiger partial charge in [0.1, 0.15) is 0 Å². The van der Waals surface area contributed by atoms with Crippen LogP contribution >= 0.6 is 0 Å². The lowest BCUT2D eigenvalue weighted by atomic mass is 9.65. The fraction of sp³-hybridized carbons (Fsp3) is 0.710. The van der Waals surface area contributed by atoms with Gasteiger partial charge in [0.25, 0.3) is 5.56 Å². The minimum atomic E-state index is -0.770. The molecule has 0 amide bonds. The minimum Gasteiger partial charge on any atom is -0.481 e. The van der Waals surface area contributed by atoms with Crippen molar-refractivity contribution in [3.05, 3.63) is 34.6 Å². The molecular formula is C31H42N4O3. The minimum absolute atomic E-state index is 0.00943. The molecule has 4 bridgehead atoms. The largest absolute Gasteiger partial charge is 0.481 e. The number of fused-ring (bicyclic) bond motifs is 5. The molecule has 3 unspecified atom stereocenters. The van der Waals surface area contributed by atoms with Crippen molar-refractivity contribution in [3.63, 3.8) is 0 Å². The lowest BCUT2D eigenvalue weighted by Gasteiger charge is -2.56. The van der Waals surface area contributed by atoms with E-state index in [1.165, 1.54) is 51.4 Å². The maximum absolute atomic E-state index is 14.0. The number of benzene rings is 1. The first-order chi connectivity index (χ1) is 18.4. The van der Waals surface area contributed by atoms with Gasteiger partial charge in [0.05, 0.1) is 17.5 Å². The lowest BCUT2D eigenvalue weighted by molar-refractivity contribution is -0.138. The number of rotatable bonds is 5. The van der Waals surface area contributed by atoms with Gasteiger partial charge in [-0.05, 0) is 87.7 Å². The van der Waals surface area contributed by atoms with Crippen molar-refractivity contribution < 1.29 is 9.90 Å². The lowest BCUT2D eigenvalue weighted by Crippen LogP contribution is -2.59. The van der Waals surface area contributed by atoms with Crippen molar-refractivity contribution in [1.82, 2.24) is 14.5 Å². The summed E-state index contributed by atoms with van der Waals surface area (Å²) in [7, 11) is 0. The highest BCUT2D eigenvalue weighted by atomic mass is 16.4. The number of carboxylic acid groups (broad SMARTS) is 1. The first-order valence-corrected chi connectivity index (χ1v) is 15.2. The third kappa shape index (κ3) is 4.35. The van der Waals surface area contributed by atoms with E-state index in [1.807, 2.05) is 23.1 Å². The Morgan fingerprint density at radius 1 is 0.921 bits per heavy atom. The average Bonchev–Trinajstić information content (AvgIpc) is 2.84. The number of carboxylic acids is 1. The first-order valence-electron chi connectivity index (χ1n) is 15.2. The SMILES string of the molecule is CC1C[C@@H]2CC(N3[C@@H]4CCC[C@H]3CC(n3c(=O)c(N5CC(CC(=O)O)C5)nc5ccccc53)C4)C[C@H](C1)C2. The summed E-state index contributed by atoms with van der Waals surface area (Å²) in [6.45, 7) is 3.65. The molecule has 7 rings (SSSR count). The molecule has 7 atom stereocenters. The van der Waals surface area contributed by atoms with Crippen LogP contribution in [0.5, 0.6) is 0 Å². The molecule has 4 heterocycles. The maximum Gasteiger partial charge on any atom is 0.303 e. The normalized spacial score (nSPS) is 35.7. The van der Waals surface area contributed by atoms with Crippen molar-refractivity contribution in [1.29, 1.82) is 0 Å². The van der Waals surface area contributed by atoms with E-state index in [4.69, 9.17) is 10.1 Å². The van der Waals surface area contributed by atoms with Crippen molar-refractivity contribution >= 4 is 22.8 Å². The third-order valence-corrected chi connectivity index (χ3v) is 10.6. The van der Waals surface area contributed by atoms with Gasteiger partial charge in [-0.25, -0.2) is 4.98 Å². The number of aromatic nitrogens is 2. The number of carbonyl (C=O) groups is 1. The molecule has 5 fully saturated rings. The van der Waals surface area contributed by atoms with Gasteiger partial charge in [-0.2, -0.15) is 0 Å². The Bertz CT molecular complexity index is 1240. The fourth-order valence-corrected chi connectivity index (χ4v) is 9.42. The van der Waals surface area contributed by atoms with Gasteiger partial charge >= 0.3 is 5.97 Å². The molecule has 2 aliphatic carbocycles. The van der Waals surface area contributed by atoms with Gasteiger partial charge in [-0.1, -0.05) is 25.5 Å². The van der Waals surface area contributed by atoms with Crippen LogP contribution in [0, 0.1) is 23.7 Å². The molecule has 0 radical (unpaired) electrons. The molecule has 1 N–H and O–H groups in total. The van der Waals surface area contributed by atoms with Gasteiger partial charge in [0.2, 0.25) is 0 Å². The molecule has 3 saturated heterocycles. The van der Waals surface area contributed by atoms with Crippen LogP contribution in [0.15, 0.2) is 29.1 Å². The zero-order valence-corrected chi connectivity index (χ0v) is 22.7. The van der Waals surface area contributed by atoms with E-state index in [9.17, 15) is 9.59 Å². The van der Waals surface area contributed by atoms with Crippen LogP contribution in [0.2, 0.25) is 0 Å². The van der Waals surface area contributed by atoms with Crippen molar-refractivity contribution in [2.45, 2.75) is 102 Å². The molecule has 1 aromatic carbocycles. The summed E-state index contributed by atoms with van der Waals surface area (Å²) in [5.74, 6) is 2.56. The molecule has 204 valence electrons. The van der Waals surface area contributed by atoms with E-state index in [-0.39, 0.29) is 23.9 Å². The maximum atomic E-state index is 14.0. The topological polar surface area (TPSA) is 78.7 Å². The van der Waals surface area contributed by atoms with Crippen LogP contribution < -0.4 is 10.5 Å². The van der Waals surface area contributed by atoms with Gasteiger partial charge in [-0.3, -0.25) is 14.5 Å². The van der Waals surface area contributed by atoms with Gasteiger partial charge < -0.3 is 14.6 Å². The zero-order chi connectivity index (χ0) is 26.0. The van der Waals surface area contributed by atoms with E-state index in [2.05, 4.69) is 22.5 Å². The number of aliphatic carboxylic acids is 1. The predicted octanol–water partition coefficient (Wildman–Crippen LogP) is 5.08. The highest BCUT2D eigenvalue weighted by Gasteiger charge is 2.46. The van der Waals surface area contributed by atoms with Gasteiger partial charge in [0.15, 0.2) is 5.82 Å². The number of para-hydroxylation sites is 2. The summed E-state index contributed by atoms with van der Waals surface area (Å²) in [6, 6.07) is 10.2. The summed E-state index contributed by atoms with van der Waals surface area (Å²) < 4.78 is 2.09.